The highest BCUT2D eigenvalue weighted by Gasteiger charge is 2.30. The second-order valence-electron chi connectivity index (χ2n) is 7.32. The second-order valence-corrected chi connectivity index (χ2v) is 9.22. The van der Waals surface area contributed by atoms with Crippen LogP contribution in [0.4, 0.5) is 5.69 Å². The number of carbonyl (C=O) groups is 1. The van der Waals surface area contributed by atoms with Gasteiger partial charge >= 0.3 is 0 Å². The van der Waals surface area contributed by atoms with Crippen molar-refractivity contribution in [2.45, 2.75) is 13.0 Å². The van der Waals surface area contributed by atoms with E-state index in [1.54, 1.807) is 19.1 Å². The van der Waals surface area contributed by atoms with Crippen molar-refractivity contribution in [2.24, 2.45) is 0 Å². The van der Waals surface area contributed by atoms with Gasteiger partial charge in [0.15, 0.2) is 5.78 Å². The molecule has 0 bridgehead atoms. The number of hydrogen-bond donors (Lipinski definition) is 1. The van der Waals surface area contributed by atoms with Crippen LogP contribution in [0, 0.1) is 0 Å². The van der Waals surface area contributed by atoms with Crippen molar-refractivity contribution in [3.63, 3.8) is 0 Å². The smallest absolute Gasteiger partial charge is 0.169 e. The van der Waals surface area contributed by atoms with Crippen molar-refractivity contribution >= 4 is 46.0 Å². The van der Waals surface area contributed by atoms with Gasteiger partial charge in [0, 0.05) is 36.6 Å². The highest BCUT2D eigenvalue weighted by atomic mass is 35.5. The lowest BCUT2D eigenvalue weighted by molar-refractivity contribution is 0.102. The van der Waals surface area contributed by atoms with Crippen molar-refractivity contribution in [3.05, 3.63) is 80.0 Å². The molecule has 2 aromatic carbocycles. The molecule has 1 aromatic heterocycles. The first-order chi connectivity index (χ1) is 14.5. The summed E-state index contributed by atoms with van der Waals surface area (Å²) in [5.41, 5.74) is 1.79. The highest BCUT2D eigenvalue weighted by Crippen LogP contribution is 2.39. The predicted molar refractivity (Wildman–Crippen MR) is 125 cm³/mol. The number of anilines is 1. The first-order valence-electron chi connectivity index (χ1n) is 9.77. The third kappa shape index (κ3) is 4.21. The molecule has 0 radical (unpaired) electrons. The summed E-state index contributed by atoms with van der Waals surface area (Å²) in [5, 5.41) is 11.7. The fraction of sp³-hybridized carbons (Fsp3) is 0.261. The molecule has 1 unspecified atom stereocenters. The molecule has 1 aliphatic rings. The van der Waals surface area contributed by atoms with Crippen molar-refractivity contribution in [2.75, 3.05) is 31.1 Å². The van der Waals surface area contributed by atoms with Gasteiger partial charge in [-0.15, -0.1) is 11.3 Å². The fourth-order valence-corrected chi connectivity index (χ4v) is 5.37. The van der Waals surface area contributed by atoms with Gasteiger partial charge < -0.3 is 10.0 Å². The number of halogens is 2. The summed E-state index contributed by atoms with van der Waals surface area (Å²) in [6, 6.07) is 16.9. The molecule has 1 fully saturated rings. The normalized spacial score (nSPS) is 15.9. The summed E-state index contributed by atoms with van der Waals surface area (Å²) >= 11 is 14.1. The Morgan fingerprint density at radius 3 is 2.40 bits per heavy atom. The van der Waals surface area contributed by atoms with Gasteiger partial charge in [-0.1, -0.05) is 47.5 Å². The second kappa shape index (κ2) is 8.98. The van der Waals surface area contributed by atoms with Gasteiger partial charge in [0.25, 0.3) is 0 Å². The predicted octanol–water partition coefficient (Wildman–Crippen LogP) is 5.87. The van der Waals surface area contributed by atoms with E-state index >= 15 is 0 Å². The van der Waals surface area contributed by atoms with E-state index in [2.05, 4.69) is 9.80 Å². The molecular weight excluding hydrogens is 439 g/mol. The number of rotatable bonds is 5. The SMILES string of the molecule is CC(=O)c1ccc(C(c2ccccc2O)N2CCN(c3cccc(Cl)c3Cl)CC2)s1. The number of carbonyl (C=O) groups excluding carboxylic acids is 1. The molecule has 3 aromatic rings. The van der Waals surface area contributed by atoms with Crippen LogP contribution in [0.1, 0.15) is 33.1 Å². The third-order valence-corrected chi connectivity index (χ3v) is 7.47. The molecule has 30 heavy (non-hydrogen) atoms. The van der Waals surface area contributed by atoms with Gasteiger partial charge in [-0.2, -0.15) is 0 Å². The fourth-order valence-electron chi connectivity index (χ4n) is 3.90. The summed E-state index contributed by atoms with van der Waals surface area (Å²) < 4.78 is 0. The highest BCUT2D eigenvalue weighted by molar-refractivity contribution is 7.14. The number of aromatic hydroxyl groups is 1. The quantitative estimate of drug-likeness (QED) is 0.483. The maximum absolute atomic E-state index is 11.8. The summed E-state index contributed by atoms with van der Waals surface area (Å²) in [4.78, 5) is 18.2. The zero-order valence-corrected chi connectivity index (χ0v) is 18.8. The molecule has 0 aliphatic carbocycles. The molecule has 1 atom stereocenters. The van der Waals surface area contributed by atoms with E-state index in [0.29, 0.717) is 10.0 Å². The molecule has 4 rings (SSSR count). The minimum atomic E-state index is -0.110. The van der Waals surface area contributed by atoms with Crippen molar-refractivity contribution < 1.29 is 9.90 Å². The molecule has 7 heteroatoms. The maximum Gasteiger partial charge on any atom is 0.169 e. The molecule has 1 aliphatic heterocycles. The number of nitrogens with zero attached hydrogens (tertiary/aromatic N) is 2. The maximum atomic E-state index is 11.8. The van der Waals surface area contributed by atoms with Crippen molar-refractivity contribution in [1.82, 2.24) is 4.90 Å². The number of ketones is 1. The molecule has 156 valence electrons. The van der Waals surface area contributed by atoms with E-state index in [4.69, 9.17) is 23.2 Å². The topological polar surface area (TPSA) is 43.8 Å². The monoisotopic (exact) mass is 460 g/mol. The first kappa shape index (κ1) is 21.2. The minimum Gasteiger partial charge on any atom is -0.508 e. The van der Waals surface area contributed by atoms with Crippen LogP contribution in [0.2, 0.25) is 10.0 Å². The van der Waals surface area contributed by atoms with Crippen LogP contribution in [0.5, 0.6) is 5.75 Å². The third-order valence-electron chi connectivity index (χ3n) is 5.43. The van der Waals surface area contributed by atoms with E-state index in [1.165, 1.54) is 11.3 Å². The van der Waals surface area contributed by atoms with E-state index in [-0.39, 0.29) is 17.6 Å². The standard InChI is InChI=1S/C23H22Cl2N2O2S/c1-15(28)20-9-10-21(30-20)23(16-5-2-3-8-19(16)29)27-13-11-26(12-14-27)18-7-4-6-17(24)22(18)25/h2-10,23,29H,11-14H2,1H3. The average molecular weight is 461 g/mol. The molecule has 0 amide bonds. The zero-order chi connectivity index (χ0) is 21.3. The molecule has 1 N–H and O–H groups in total. The number of piperazine rings is 1. The Morgan fingerprint density at radius 1 is 1.00 bits per heavy atom. The van der Waals surface area contributed by atoms with Crippen LogP contribution in [0.3, 0.4) is 0 Å². The van der Waals surface area contributed by atoms with Crippen LogP contribution >= 0.6 is 34.5 Å². The van der Waals surface area contributed by atoms with Crippen molar-refractivity contribution in [1.29, 1.82) is 0 Å². The minimum absolute atomic E-state index is 0.0581. The van der Waals surface area contributed by atoms with Gasteiger partial charge in [-0.25, -0.2) is 0 Å². The van der Waals surface area contributed by atoms with Gasteiger partial charge in [0.05, 0.1) is 26.7 Å². The summed E-state index contributed by atoms with van der Waals surface area (Å²) in [6.07, 6.45) is 0. The molecule has 2 heterocycles. The summed E-state index contributed by atoms with van der Waals surface area (Å²) in [7, 11) is 0. The lowest BCUT2D eigenvalue weighted by atomic mass is 10.0. The van der Waals surface area contributed by atoms with Gasteiger partial charge in [-0.05, 0) is 37.3 Å². The van der Waals surface area contributed by atoms with E-state index in [0.717, 1.165) is 47.2 Å². The van der Waals surface area contributed by atoms with Gasteiger partial charge in [-0.3, -0.25) is 9.69 Å². The van der Waals surface area contributed by atoms with Gasteiger partial charge in [0.1, 0.15) is 5.75 Å². The molecule has 4 nitrogen and oxygen atoms in total. The summed E-state index contributed by atoms with van der Waals surface area (Å²) in [5.74, 6) is 0.322. The van der Waals surface area contributed by atoms with Crippen LogP contribution < -0.4 is 4.90 Å². The largest absolute Gasteiger partial charge is 0.508 e. The van der Waals surface area contributed by atoms with E-state index < -0.39 is 0 Å². The van der Waals surface area contributed by atoms with Crippen LogP contribution in [-0.2, 0) is 0 Å². The van der Waals surface area contributed by atoms with Crippen molar-refractivity contribution in [3.8, 4) is 5.75 Å². The van der Waals surface area contributed by atoms with Crippen LogP contribution in [0.25, 0.3) is 0 Å². The number of benzene rings is 2. The number of hydrogen-bond acceptors (Lipinski definition) is 5. The Kier molecular flexibility index (Phi) is 6.34. The van der Waals surface area contributed by atoms with Gasteiger partial charge in [0.2, 0.25) is 0 Å². The Balaban J connectivity index is 1.61. The number of thiophene rings is 1. The zero-order valence-electron chi connectivity index (χ0n) is 16.5. The average Bonchev–Trinajstić information content (AvgIpc) is 3.22. The van der Waals surface area contributed by atoms with Crippen LogP contribution in [-0.4, -0.2) is 42.0 Å². The Bertz CT molecular complexity index is 1060. The lowest BCUT2D eigenvalue weighted by Gasteiger charge is -2.40. The number of para-hydroxylation sites is 1. The van der Waals surface area contributed by atoms with E-state index in [1.807, 2.05) is 42.5 Å². The Morgan fingerprint density at radius 2 is 1.73 bits per heavy atom. The molecular formula is C23H22Cl2N2O2S. The molecule has 0 spiro atoms. The number of phenols is 1. The Hall–Kier alpha value is -2.05. The molecule has 1 saturated heterocycles. The van der Waals surface area contributed by atoms with Crippen LogP contribution in [0.15, 0.2) is 54.6 Å². The molecule has 0 saturated carbocycles. The first-order valence-corrected chi connectivity index (χ1v) is 11.3. The number of Topliss-reactive ketones (excluding diaryl/α,β-unsaturated/α-hetero) is 1. The summed E-state index contributed by atoms with van der Waals surface area (Å²) in [6.45, 7) is 4.73. The lowest BCUT2D eigenvalue weighted by Crippen LogP contribution is -2.48. The van der Waals surface area contributed by atoms with E-state index in [9.17, 15) is 9.90 Å². The Labute approximate surface area is 190 Å². The number of phenolic OH excluding ortho intramolecular Hbond substituents is 1.